The van der Waals surface area contributed by atoms with Gasteiger partial charge in [-0.05, 0) is 43.7 Å². The normalized spacial score (nSPS) is 15.5. The molecule has 0 aliphatic carbocycles. The number of nitrogen functional groups attached to an aromatic ring is 1. The Morgan fingerprint density at radius 2 is 1.94 bits per heavy atom. The van der Waals surface area contributed by atoms with Gasteiger partial charge in [-0.2, -0.15) is 4.98 Å². The van der Waals surface area contributed by atoms with E-state index < -0.39 is 12.5 Å². The number of hydrogen-bond acceptors (Lipinski definition) is 7. The highest BCUT2D eigenvalue weighted by atomic mass is 19.3. The third kappa shape index (κ3) is 4.73. The second-order valence-corrected chi connectivity index (χ2v) is 8.39. The van der Waals surface area contributed by atoms with Crippen LogP contribution in [0.1, 0.15) is 55.8 Å². The van der Waals surface area contributed by atoms with Crippen molar-refractivity contribution in [2.75, 3.05) is 29.0 Å². The Labute approximate surface area is 186 Å². The molecule has 3 aromatic rings. The van der Waals surface area contributed by atoms with E-state index in [0.717, 1.165) is 35.7 Å². The van der Waals surface area contributed by atoms with E-state index in [1.165, 1.54) is 19.3 Å². The molecule has 8 nitrogen and oxygen atoms in total. The first-order valence-electron chi connectivity index (χ1n) is 11.2. The molecule has 4 rings (SSSR count). The maximum Gasteiger partial charge on any atom is 0.258 e. The number of aryl methyl sites for hydroxylation is 1. The van der Waals surface area contributed by atoms with Gasteiger partial charge in [-0.1, -0.05) is 19.4 Å². The standard InChI is InChI=1S/C22H30F2N8/c1-3-7-17(18(23)24)28-22-29-19(25)21-27-13-16(32(21)30-22)11-15-10-14(2)20(26-12-15)31-8-5-4-6-9-31/h10,12-13,17-18H,3-9,11H2,1-2H3,(H3,25,28,29,30). The summed E-state index contributed by atoms with van der Waals surface area (Å²) in [6.07, 6.45) is 6.20. The lowest BCUT2D eigenvalue weighted by Gasteiger charge is -2.29. The van der Waals surface area contributed by atoms with Crippen molar-refractivity contribution >= 4 is 23.2 Å². The van der Waals surface area contributed by atoms with E-state index in [9.17, 15) is 8.78 Å². The van der Waals surface area contributed by atoms with Crippen LogP contribution >= 0.6 is 0 Å². The molecule has 1 saturated heterocycles. The fraction of sp³-hybridized carbons (Fsp3) is 0.545. The molecule has 0 bridgehead atoms. The number of alkyl halides is 2. The summed E-state index contributed by atoms with van der Waals surface area (Å²) in [6.45, 7) is 6.03. The Hall–Kier alpha value is -3.04. The molecule has 10 heteroatoms. The summed E-state index contributed by atoms with van der Waals surface area (Å²) in [4.78, 5) is 15.5. The summed E-state index contributed by atoms with van der Waals surface area (Å²) < 4.78 is 28.2. The number of anilines is 3. The fourth-order valence-corrected chi connectivity index (χ4v) is 4.24. The van der Waals surface area contributed by atoms with Crippen molar-refractivity contribution in [2.45, 2.75) is 64.8 Å². The first-order valence-corrected chi connectivity index (χ1v) is 11.2. The molecular weight excluding hydrogens is 414 g/mol. The molecule has 0 spiro atoms. The third-order valence-corrected chi connectivity index (χ3v) is 5.83. The topological polar surface area (TPSA) is 97.3 Å². The molecule has 1 atom stereocenters. The van der Waals surface area contributed by atoms with Gasteiger partial charge < -0.3 is 16.0 Å². The highest BCUT2D eigenvalue weighted by Gasteiger charge is 2.22. The summed E-state index contributed by atoms with van der Waals surface area (Å²) in [6, 6.07) is 1.10. The number of fused-ring (bicyclic) bond motifs is 1. The number of pyridine rings is 1. The van der Waals surface area contributed by atoms with Crippen molar-refractivity contribution in [3.05, 3.63) is 35.3 Å². The quantitative estimate of drug-likeness (QED) is 0.545. The maximum atomic E-state index is 13.3. The Kier molecular flexibility index (Phi) is 6.66. The van der Waals surface area contributed by atoms with Gasteiger partial charge in [0.05, 0.1) is 17.9 Å². The average molecular weight is 445 g/mol. The first kappa shape index (κ1) is 22.2. The van der Waals surface area contributed by atoms with Gasteiger partial charge >= 0.3 is 0 Å². The van der Waals surface area contributed by atoms with Crippen LogP contribution in [0.3, 0.4) is 0 Å². The van der Waals surface area contributed by atoms with E-state index in [2.05, 4.69) is 38.3 Å². The van der Waals surface area contributed by atoms with Crippen LogP contribution in [0.2, 0.25) is 0 Å². The minimum Gasteiger partial charge on any atom is -0.380 e. The zero-order valence-electron chi connectivity index (χ0n) is 18.6. The molecule has 1 unspecified atom stereocenters. The lowest BCUT2D eigenvalue weighted by atomic mass is 10.1. The van der Waals surface area contributed by atoms with Crippen LogP contribution in [-0.2, 0) is 6.42 Å². The molecule has 0 saturated carbocycles. The van der Waals surface area contributed by atoms with Crippen LogP contribution < -0.4 is 16.0 Å². The predicted octanol–water partition coefficient (Wildman–Crippen LogP) is 3.84. The number of imidazole rings is 1. The molecule has 3 aromatic heterocycles. The van der Waals surface area contributed by atoms with Crippen molar-refractivity contribution in [2.24, 2.45) is 0 Å². The molecule has 4 heterocycles. The van der Waals surface area contributed by atoms with E-state index in [4.69, 9.17) is 10.7 Å². The van der Waals surface area contributed by atoms with Gasteiger partial charge in [-0.3, -0.25) is 0 Å². The number of nitrogens with one attached hydrogen (secondary N) is 1. The highest BCUT2D eigenvalue weighted by Crippen LogP contribution is 2.24. The van der Waals surface area contributed by atoms with Crippen LogP contribution in [0, 0.1) is 6.92 Å². The summed E-state index contributed by atoms with van der Waals surface area (Å²) >= 11 is 0. The van der Waals surface area contributed by atoms with Gasteiger partial charge in [0, 0.05) is 25.7 Å². The number of aromatic nitrogens is 5. The zero-order chi connectivity index (χ0) is 22.7. The molecule has 0 amide bonds. The van der Waals surface area contributed by atoms with Gasteiger partial charge in [-0.15, -0.1) is 5.10 Å². The van der Waals surface area contributed by atoms with E-state index >= 15 is 0 Å². The summed E-state index contributed by atoms with van der Waals surface area (Å²) in [5.41, 5.74) is 9.38. The van der Waals surface area contributed by atoms with Crippen molar-refractivity contribution in [1.82, 2.24) is 24.6 Å². The van der Waals surface area contributed by atoms with E-state index in [-0.39, 0.29) is 11.8 Å². The SMILES string of the molecule is CCCC(Nc1nc(N)c2ncc(Cc3cnc(N4CCCCC4)c(C)c3)n2n1)C(F)F. The Balaban J connectivity index is 1.58. The molecule has 3 N–H and O–H groups in total. The number of hydrogen-bond donors (Lipinski definition) is 2. The average Bonchev–Trinajstić information content (AvgIpc) is 3.17. The first-order chi connectivity index (χ1) is 15.5. The van der Waals surface area contributed by atoms with Crippen LogP contribution in [0.15, 0.2) is 18.5 Å². The largest absolute Gasteiger partial charge is 0.380 e. The lowest BCUT2D eigenvalue weighted by molar-refractivity contribution is 0.119. The van der Waals surface area contributed by atoms with Gasteiger partial charge in [0.25, 0.3) is 6.43 Å². The minimum absolute atomic E-state index is 0.0720. The lowest BCUT2D eigenvalue weighted by Crippen LogP contribution is -2.30. The Bertz CT molecular complexity index is 1060. The van der Waals surface area contributed by atoms with Gasteiger partial charge in [0.2, 0.25) is 5.95 Å². The van der Waals surface area contributed by atoms with Crippen molar-refractivity contribution in [3.8, 4) is 0 Å². The second kappa shape index (κ2) is 9.62. The monoisotopic (exact) mass is 444 g/mol. The number of halogens is 2. The maximum absolute atomic E-state index is 13.3. The minimum atomic E-state index is -2.52. The zero-order valence-corrected chi connectivity index (χ0v) is 18.6. The van der Waals surface area contributed by atoms with Crippen molar-refractivity contribution in [3.63, 3.8) is 0 Å². The van der Waals surface area contributed by atoms with Gasteiger partial charge in [0.1, 0.15) is 5.82 Å². The summed E-state index contributed by atoms with van der Waals surface area (Å²) in [7, 11) is 0. The summed E-state index contributed by atoms with van der Waals surface area (Å²) in [5.74, 6) is 1.26. The van der Waals surface area contributed by atoms with E-state index in [1.807, 2.05) is 13.1 Å². The van der Waals surface area contributed by atoms with E-state index in [0.29, 0.717) is 24.9 Å². The molecular formula is C22H30F2N8. The molecule has 0 radical (unpaired) electrons. The van der Waals surface area contributed by atoms with Crippen LogP contribution in [0.5, 0.6) is 0 Å². The van der Waals surface area contributed by atoms with Crippen LogP contribution in [0.4, 0.5) is 26.4 Å². The number of piperidine rings is 1. The predicted molar refractivity (Wildman–Crippen MR) is 121 cm³/mol. The second-order valence-electron chi connectivity index (χ2n) is 8.39. The molecule has 32 heavy (non-hydrogen) atoms. The van der Waals surface area contributed by atoms with Crippen LogP contribution in [0.25, 0.3) is 5.65 Å². The number of nitrogens with zero attached hydrogens (tertiary/aromatic N) is 6. The van der Waals surface area contributed by atoms with Crippen molar-refractivity contribution < 1.29 is 8.78 Å². The molecule has 1 aliphatic rings. The van der Waals surface area contributed by atoms with E-state index in [1.54, 1.807) is 10.7 Å². The third-order valence-electron chi connectivity index (χ3n) is 5.83. The molecule has 1 fully saturated rings. The Morgan fingerprint density at radius 3 is 2.62 bits per heavy atom. The van der Waals surface area contributed by atoms with Crippen LogP contribution in [-0.4, -0.2) is 50.1 Å². The summed E-state index contributed by atoms with van der Waals surface area (Å²) in [5, 5.41) is 7.13. The number of rotatable bonds is 8. The van der Waals surface area contributed by atoms with Crippen molar-refractivity contribution in [1.29, 1.82) is 0 Å². The number of nitrogens with two attached hydrogens (primary N) is 1. The fourth-order valence-electron chi connectivity index (χ4n) is 4.24. The molecule has 0 aromatic carbocycles. The molecule has 172 valence electrons. The highest BCUT2D eigenvalue weighted by molar-refractivity contribution is 5.61. The smallest absolute Gasteiger partial charge is 0.258 e. The van der Waals surface area contributed by atoms with Gasteiger partial charge in [0.15, 0.2) is 11.5 Å². The van der Waals surface area contributed by atoms with Gasteiger partial charge in [-0.25, -0.2) is 23.3 Å². The molecule has 1 aliphatic heterocycles. The Morgan fingerprint density at radius 1 is 1.16 bits per heavy atom.